The number of ether oxygens (including phenoxy) is 1. The number of benzene rings is 3. The highest BCUT2D eigenvalue weighted by Gasteiger charge is 2.43. The van der Waals surface area contributed by atoms with E-state index in [1.54, 1.807) is 13.8 Å². The summed E-state index contributed by atoms with van der Waals surface area (Å²) in [7, 11) is 0. The fourth-order valence-electron chi connectivity index (χ4n) is 7.68. The fraction of sp³-hybridized carbons (Fsp3) is 0.477. The number of hydrogen-bond acceptors (Lipinski definition) is 5. The first-order valence-corrected chi connectivity index (χ1v) is 19.0. The van der Waals surface area contributed by atoms with Crippen molar-refractivity contribution in [1.82, 2.24) is 15.1 Å². The second-order valence-corrected chi connectivity index (χ2v) is 15.9. The quantitative estimate of drug-likeness (QED) is 0.188. The van der Waals surface area contributed by atoms with Crippen molar-refractivity contribution in [2.75, 3.05) is 26.2 Å². The minimum atomic E-state index is -0.980. The van der Waals surface area contributed by atoms with Crippen LogP contribution in [0.3, 0.4) is 0 Å². The molecule has 52 heavy (non-hydrogen) atoms. The maximum absolute atomic E-state index is 14.8. The van der Waals surface area contributed by atoms with Crippen molar-refractivity contribution in [2.45, 2.75) is 105 Å². The molecule has 276 valence electrons. The third kappa shape index (κ3) is 8.60. The highest BCUT2D eigenvalue weighted by molar-refractivity contribution is 6.03. The van der Waals surface area contributed by atoms with Crippen molar-refractivity contribution >= 4 is 23.4 Å². The van der Waals surface area contributed by atoms with E-state index in [4.69, 9.17) is 4.74 Å². The van der Waals surface area contributed by atoms with Crippen LogP contribution in [-0.2, 0) is 27.2 Å². The molecule has 0 radical (unpaired) electrons. The molecule has 1 saturated heterocycles. The summed E-state index contributed by atoms with van der Waals surface area (Å²) in [5, 5.41) is 13.3. The number of piperazine rings is 1. The second kappa shape index (κ2) is 15.7. The SMILES string of the molecule is Cc1cc(C)c(C)c(OCCc2ccc(C3=C(C(=O)N(CCc4ccccc4C)C4CC4)[C@H]4CN(C(=O)CCC(C)(C)C(=O)O)C[C@@H](C3)N4)cc2)c1. The first kappa shape index (κ1) is 37.3. The fourth-order valence-corrected chi connectivity index (χ4v) is 7.68. The molecule has 2 aliphatic heterocycles. The molecule has 3 aliphatic rings. The van der Waals surface area contributed by atoms with Crippen molar-refractivity contribution in [3.05, 3.63) is 105 Å². The van der Waals surface area contributed by atoms with Crippen molar-refractivity contribution in [3.8, 4) is 5.75 Å². The van der Waals surface area contributed by atoms with Crippen molar-refractivity contribution < 1.29 is 24.2 Å². The van der Waals surface area contributed by atoms with E-state index in [9.17, 15) is 19.5 Å². The number of hydrogen-bond donors (Lipinski definition) is 2. The van der Waals surface area contributed by atoms with Crippen LogP contribution in [0.5, 0.6) is 5.75 Å². The zero-order valence-corrected chi connectivity index (χ0v) is 31.8. The predicted octanol–water partition coefficient (Wildman–Crippen LogP) is 6.99. The lowest BCUT2D eigenvalue weighted by molar-refractivity contribution is -0.148. The number of rotatable bonds is 14. The molecule has 8 nitrogen and oxygen atoms in total. The summed E-state index contributed by atoms with van der Waals surface area (Å²) >= 11 is 0. The Hall–Kier alpha value is -4.43. The van der Waals surface area contributed by atoms with Gasteiger partial charge in [0.1, 0.15) is 5.75 Å². The predicted molar refractivity (Wildman–Crippen MR) is 205 cm³/mol. The lowest BCUT2D eigenvalue weighted by atomic mass is 9.82. The molecule has 0 aromatic heterocycles. The number of carboxylic acids is 1. The molecule has 2 fully saturated rings. The summed E-state index contributed by atoms with van der Waals surface area (Å²) in [5.41, 5.74) is 9.15. The molecule has 3 aromatic carbocycles. The van der Waals surface area contributed by atoms with Gasteiger partial charge < -0.3 is 25.0 Å². The van der Waals surface area contributed by atoms with Crippen LogP contribution in [0.1, 0.15) is 84.9 Å². The van der Waals surface area contributed by atoms with Crippen molar-refractivity contribution in [1.29, 1.82) is 0 Å². The van der Waals surface area contributed by atoms with E-state index in [0.29, 0.717) is 32.7 Å². The molecule has 1 aliphatic carbocycles. The summed E-state index contributed by atoms with van der Waals surface area (Å²) in [4.78, 5) is 44.0. The van der Waals surface area contributed by atoms with E-state index in [0.717, 1.165) is 48.1 Å². The van der Waals surface area contributed by atoms with Crippen LogP contribution in [0.4, 0.5) is 0 Å². The van der Waals surface area contributed by atoms with E-state index >= 15 is 0 Å². The first-order chi connectivity index (χ1) is 24.8. The number of aliphatic carboxylic acids is 1. The minimum Gasteiger partial charge on any atom is -0.493 e. The lowest BCUT2D eigenvalue weighted by Crippen LogP contribution is -2.62. The monoisotopic (exact) mass is 705 g/mol. The Morgan fingerprint density at radius 1 is 0.942 bits per heavy atom. The van der Waals surface area contributed by atoms with Crippen LogP contribution in [0.2, 0.25) is 0 Å². The van der Waals surface area contributed by atoms with Crippen molar-refractivity contribution in [2.24, 2.45) is 5.41 Å². The molecule has 2 N–H and O–H groups in total. The third-order valence-electron chi connectivity index (χ3n) is 11.4. The first-order valence-electron chi connectivity index (χ1n) is 19.0. The molecule has 0 unspecified atom stereocenters. The zero-order chi connectivity index (χ0) is 37.2. The Labute approximate surface area is 309 Å². The van der Waals surface area contributed by atoms with E-state index in [1.165, 1.54) is 33.4 Å². The Balaban J connectivity index is 1.24. The highest BCUT2D eigenvalue weighted by atomic mass is 16.5. The standard InChI is InChI=1S/C44H55N3O5/c1-28-23-30(3)31(4)39(24-28)52-22-19-32-11-13-34(14-12-32)37-25-35-26-46(40(48)17-20-44(5,6)43(50)51)27-38(45-35)41(37)42(49)47(36-15-16-36)21-18-33-10-8-7-9-29(33)2/h7-14,23-24,35-36,38,45H,15-22,25-27H2,1-6H3,(H,50,51)/t35-,38-/m1/s1. The maximum atomic E-state index is 14.8. The molecule has 0 spiro atoms. The Kier molecular flexibility index (Phi) is 11.2. The van der Waals surface area contributed by atoms with Crippen LogP contribution in [-0.4, -0.2) is 77.1 Å². The van der Waals surface area contributed by atoms with Crippen molar-refractivity contribution in [3.63, 3.8) is 0 Å². The molecule has 2 amide bonds. The van der Waals surface area contributed by atoms with Gasteiger partial charge in [-0.25, -0.2) is 0 Å². The number of nitrogens with zero attached hydrogens (tertiary/aromatic N) is 2. The average Bonchev–Trinajstić information content (AvgIpc) is 3.95. The third-order valence-corrected chi connectivity index (χ3v) is 11.4. The van der Waals surface area contributed by atoms with E-state index in [-0.39, 0.29) is 42.8 Å². The molecule has 3 aromatic rings. The summed E-state index contributed by atoms with van der Waals surface area (Å²) < 4.78 is 6.21. The highest BCUT2D eigenvalue weighted by Crippen LogP contribution is 2.37. The number of carbonyl (C=O) groups excluding carboxylic acids is 2. The molecule has 2 bridgehead atoms. The maximum Gasteiger partial charge on any atom is 0.309 e. The molecule has 8 heteroatoms. The summed E-state index contributed by atoms with van der Waals surface area (Å²) in [6.45, 7) is 13.9. The number of nitrogens with one attached hydrogen (secondary N) is 1. The smallest absolute Gasteiger partial charge is 0.309 e. The average molecular weight is 706 g/mol. The van der Waals surface area contributed by atoms with Gasteiger partial charge in [0.25, 0.3) is 5.91 Å². The van der Waals surface area contributed by atoms with E-state index in [1.807, 2.05) is 11.0 Å². The van der Waals surface area contributed by atoms with E-state index in [2.05, 4.69) is 92.5 Å². The topological polar surface area (TPSA) is 99.2 Å². The van der Waals surface area contributed by atoms with Gasteiger partial charge in [-0.1, -0.05) is 54.6 Å². The van der Waals surface area contributed by atoms with Gasteiger partial charge in [0.05, 0.1) is 18.1 Å². The van der Waals surface area contributed by atoms with Gasteiger partial charge in [-0.05, 0) is 124 Å². The number of amides is 2. The number of aryl methyl sites for hydroxylation is 3. The Morgan fingerprint density at radius 2 is 1.67 bits per heavy atom. The Morgan fingerprint density at radius 3 is 2.37 bits per heavy atom. The van der Waals surface area contributed by atoms with Gasteiger partial charge in [0.2, 0.25) is 5.91 Å². The largest absolute Gasteiger partial charge is 0.493 e. The minimum absolute atomic E-state index is 0.00261. The van der Waals surface area contributed by atoms with Crippen LogP contribution < -0.4 is 10.1 Å². The lowest BCUT2D eigenvalue weighted by Gasteiger charge is -2.45. The Bertz CT molecular complexity index is 1840. The normalized spacial score (nSPS) is 18.7. The number of fused-ring (bicyclic) bond motifs is 2. The molecule has 2 atom stereocenters. The van der Waals surface area contributed by atoms with Gasteiger partial charge in [-0.2, -0.15) is 0 Å². The van der Waals surface area contributed by atoms with E-state index < -0.39 is 11.4 Å². The summed E-state index contributed by atoms with van der Waals surface area (Å²) in [6.07, 6.45) is 4.64. The molecule has 2 heterocycles. The zero-order valence-electron chi connectivity index (χ0n) is 31.8. The molecular formula is C44H55N3O5. The van der Waals surface area contributed by atoms with Crippen LogP contribution >= 0.6 is 0 Å². The van der Waals surface area contributed by atoms with Crippen LogP contribution in [0.15, 0.2) is 66.2 Å². The summed E-state index contributed by atoms with van der Waals surface area (Å²) in [5.74, 6) is 0.0372. The van der Waals surface area contributed by atoms with Gasteiger partial charge in [0, 0.05) is 50.1 Å². The number of carbonyl (C=O) groups is 3. The molecular weight excluding hydrogens is 651 g/mol. The second-order valence-electron chi connectivity index (χ2n) is 15.9. The van der Waals surface area contributed by atoms with Gasteiger partial charge in [-0.3, -0.25) is 14.4 Å². The van der Waals surface area contributed by atoms with Crippen LogP contribution in [0.25, 0.3) is 5.57 Å². The molecule has 6 rings (SSSR count). The van der Waals surface area contributed by atoms with Gasteiger partial charge in [-0.15, -0.1) is 0 Å². The molecule has 1 saturated carbocycles. The van der Waals surface area contributed by atoms with Crippen LogP contribution in [0, 0.1) is 33.1 Å². The number of carboxylic acid groups (broad SMARTS) is 1. The van der Waals surface area contributed by atoms with Gasteiger partial charge >= 0.3 is 5.97 Å². The summed E-state index contributed by atoms with van der Waals surface area (Å²) in [6, 6.07) is 21.2. The van der Waals surface area contributed by atoms with Gasteiger partial charge in [0.15, 0.2) is 0 Å².